The highest BCUT2D eigenvalue weighted by atomic mass is 35.5. The summed E-state index contributed by atoms with van der Waals surface area (Å²) in [5, 5.41) is 0.746. The maximum atomic E-state index is 6.28. The first kappa shape index (κ1) is 13.8. The first-order chi connectivity index (χ1) is 8.49. The summed E-state index contributed by atoms with van der Waals surface area (Å²) in [5.74, 6) is 0.865. The predicted molar refractivity (Wildman–Crippen MR) is 81.0 cm³/mol. The first-order valence-electron chi connectivity index (χ1n) is 6.27. The van der Waals surface area contributed by atoms with Gasteiger partial charge in [-0.05, 0) is 44.4 Å². The Hall–Kier alpha value is -0.640. The van der Waals surface area contributed by atoms with Crippen molar-refractivity contribution in [1.29, 1.82) is 0 Å². The third-order valence-electron chi connectivity index (χ3n) is 3.76. The van der Waals surface area contributed by atoms with Crippen LogP contribution in [-0.4, -0.2) is 23.0 Å². The molecular formula is C14H19ClN2S. The van der Waals surface area contributed by atoms with E-state index in [0.717, 1.165) is 28.6 Å². The summed E-state index contributed by atoms with van der Waals surface area (Å²) in [7, 11) is 2.15. The molecule has 1 fully saturated rings. The fraction of sp³-hybridized carbons (Fsp3) is 0.500. The van der Waals surface area contributed by atoms with Crippen molar-refractivity contribution in [2.24, 2.45) is 11.7 Å². The van der Waals surface area contributed by atoms with Gasteiger partial charge in [-0.3, -0.25) is 4.90 Å². The zero-order valence-electron chi connectivity index (χ0n) is 10.8. The van der Waals surface area contributed by atoms with Gasteiger partial charge < -0.3 is 5.73 Å². The van der Waals surface area contributed by atoms with Gasteiger partial charge in [-0.2, -0.15) is 0 Å². The van der Waals surface area contributed by atoms with Gasteiger partial charge in [-0.1, -0.05) is 36.0 Å². The first-order valence-corrected chi connectivity index (χ1v) is 7.06. The molecule has 1 aromatic rings. The van der Waals surface area contributed by atoms with Crippen molar-refractivity contribution in [3.63, 3.8) is 0 Å². The molecule has 0 aromatic heterocycles. The molecule has 1 aromatic carbocycles. The van der Waals surface area contributed by atoms with Crippen LogP contribution in [0, 0.1) is 5.92 Å². The zero-order chi connectivity index (χ0) is 13.3. The number of rotatable bonds is 5. The Kier molecular flexibility index (Phi) is 4.25. The number of halogens is 1. The van der Waals surface area contributed by atoms with Crippen molar-refractivity contribution in [2.45, 2.75) is 32.4 Å². The summed E-state index contributed by atoms with van der Waals surface area (Å²) in [5.41, 5.74) is 7.55. The van der Waals surface area contributed by atoms with Crippen molar-refractivity contribution in [1.82, 2.24) is 4.90 Å². The van der Waals surface area contributed by atoms with E-state index in [4.69, 9.17) is 29.6 Å². The Bertz CT molecular complexity index is 457. The van der Waals surface area contributed by atoms with Crippen LogP contribution in [0.5, 0.6) is 0 Å². The zero-order valence-corrected chi connectivity index (χ0v) is 12.4. The highest BCUT2D eigenvalue weighted by molar-refractivity contribution is 7.80. The van der Waals surface area contributed by atoms with E-state index in [1.165, 1.54) is 12.8 Å². The topological polar surface area (TPSA) is 29.3 Å². The molecular weight excluding hydrogens is 264 g/mol. The minimum absolute atomic E-state index is 0.392. The molecule has 1 aliphatic rings. The van der Waals surface area contributed by atoms with Crippen molar-refractivity contribution < 1.29 is 0 Å². The Labute approximate surface area is 119 Å². The van der Waals surface area contributed by atoms with Gasteiger partial charge in [-0.15, -0.1) is 0 Å². The van der Waals surface area contributed by atoms with Crippen LogP contribution in [0.4, 0.5) is 0 Å². The number of hydrogen-bond donors (Lipinski definition) is 1. The highest BCUT2D eigenvalue weighted by Crippen LogP contribution is 2.35. The monoisotopic (exact) mass is 282 g/mol. The normalized spacial score (nSPS) is 16.9. The molecule has 0 amide bonds. The van der Waals surface area contributed by atoms with Crippen LogP contribution in [0.25, 0.3) is 0 Å². The molecule has 0 radical (unpaired) electrons. The van der Waals surface area contributed by atoms with E-state index in [1.807, 2.05) is 18.2 Å². The van der Waals surface area contributed by atoms with Crippen molar-refractivity contribution in [3.05, 3.63) is 34.3 Å². The van der Waals surface area contributed by atoms with Crippen LogP contribution in [-0.2, 0) is 6.54 Å². The fourth-order valence-corrected chi connectivity index (χ4v) is 2.55. The molecule has 18 heavy (non-hydrogen) atoms. The molecule has 0 saturated heterocycles. The second-order valence-corrected chi connectivity index (χ2v) is 6.01. The molecule has 2 nitrogen and oxygen atoms in total. The SMILES string of the molecule is CC(C1CC1)N(C)Cc1ccc(C(N)=S)cc1Cl. The van der Waals surface area contributed by atoms with Crippen LogP contribution in [0.2, 0.25) is 5.02 Å². The van der Waals surface area contributed by atoms with Gasteiger partial charge >= 0.3 is 0 Å². The van der Waals surface area contributed by atoms with Crippen LogP contribution in [0.15, 0.2) is 18.2 Å². The standard InChI is InChI=1S/C14H19ClN2S/c1-9(10-3-4-10)17(2)8-12-6-5-11(14(16)18)7-13(12)15/h5-7,9-10H,3-4,8H2,1-2H3,(H2,16,18). The molecule has 4 heteroatoms. The number of hydrogen-bond acceptors (Lipinski definition) is 2. The van der Waals surface area contributed by atoms with E-state index in [0.29, 0.717) is 11.0 Å². The lowest BCUT2D eigenvalue weighted by atomic mass is 10.1. The van der Waals surface area contributed by atoms with Crippen molar-refractivity contribution in [2.75, 3.05) is 7.05 Å². The number of nitrogens with two attached hydrogens (primary N) is 1. The van der Waals surface area contributed by atoms with E-state index in [2.05, 4.69) is 18.9 Å². The lowest BCUT2D eigenvalue weighted by Crippen LogP contribution is -2.30. The average Bonchev–Trinajstić information content (AvgIpc) is 3.14. The van der Waals surface area contributed by atoms with Gasteiger partial charge in [0.2, 0.25) is 0 Å². The summed E-state index contributed by atoms with van der Waals surface area (Å²) in [4.78, 5) is 2.75. The number of benzene rings is 1. The van der Waals surface area contributed by atoms with Crippen LogP contribution in [0.3, 0.4) is 0 Å². The Morgan fingerprint density at radius 2 is 2.22 bits per heavy atom. The van der Waals surface area contributed by atoms with Gasteiger partial charge in [0.15, 0.2) is 0 Å². The molecule has 1 saturated carbocycles. The summed E-state index contributed by atoms with van der Waals surface area (Å²) < 4.78 is 0. The Balaban J connectivity index is 2.06. The molecule has 2 rings (SSSR count). The summed E-state index contributed by atoms with van der Waals surface area (Å²) in [6.45, 7) is 3.16. The highest BCUT2D eigenvalue weighted by Gasteiger charge is 2.30. The average molecular weight is 283 g/mol. The minimum atomic E-state index is 0.392. The number of thiocarbonyl (C=S) groups is 1. The van der Waals surface area contributed by atoms with Crippen molar-refractivity contribution >= 4 is 28.8 Å². The van der Waals surface area contributed by atoms with Gasteiger partial charge in [0, 0.05) is 23.2 Å². The van der Waals surface area contributed by atoms with Crippen LogP contribution >= 0.6 is 23.8 Å². The molecule has 0 bridgehead atoms. The summed E-state index contributed by atoms with van der Waals surface area (Å²) >= 11 is 11.2. The minimum Gasteiger partial charge on any atom is -0.389 e. The van der Waals surface area contributed by atoms with E-state index < -0.39 is 0 Å². The van der Waals surface area contributed by atoms with Gasteiger partial charge in [0.05, 0.1) is 0 Å². The van der Waals surface area contributed by atoms with Crippen LogP contribution in [0.1, 0.15) is 30.9 Å². The third-order valence-corrected chi connectivity index (χ3v) is 4.34. The van der Waals surface area contributed by atoms with E-state index in [9.17, 15) is 0 Å². The summed E-state index contributed by atoms with van der Waals surface area (Å²) in [6, 6.07) is 6.44. The lowest BCUT2D eigenvalue weighted by molar-refractivity contribution is 0.226. The third kappa shape index (κ3) is 3.22. The van der Waals surface area contributed by atoms with E-state index in [1.54, 1.807) is 0 Å². The molecule has 2 N–H and O–H groups in total. The molecule has 0 spiro atoms. The van der Waals surface area contributed by atoms with Gasteiger partial charge in [0.1, 0.15) is 4.99 Å². The second-order valence-electron chi connectivity index (χ2n) is 5.16. The molecule has 0 aliphatic heterocycles. The quantitative estimate of drug-likeness (QED) is 0.841. The molecule has 0 heterocycles. The van der Waals surface area contributed by atoms with Gasteiger partial charge in [0.25, 0.3) is 0 Å². The Morgan fingerprint density at radius 1 is 1.56 bits per heavy atom. The largest absolute Gasteiger partial charge is 0.389 e. The van der Waals surface area contributed by atoms with E-state index in [-0.39, 0.29) is 0 Å². The van der Waals surface area contributed by atoms with Crippen LogP contribution < -0.4 is 5.73 Å². The lowest BCUT2D eigenvalue weighted by Gasteiger charge is -2.25. The number of nitrogens with zero attached hydrogens (tertiary/aromatic N) is 1. The summed E-state index contributed by atoms with van der Waals surface area (Å²) in [6.07, 6.45) is 2.72. The van der Waals surface area contributed by atoms with Crippen molar-refractivity contribution in [3.8, 4) is 0 Å². The fourth-order valence-electron chi connectivity index (χ4n) is 2.18. The second kappa shape index (κ2) is 5.55. The van der Waals surface area contributed by atoms with E-state index >= 15 is 0 Å². The maximum absolute atomic E-state index is 6.28. The predicted octanol–water partition coefficient (Wildman–Crippen LogP) is 3.20. The van der Waals surface area contributed by atoms with Gasteiger partial charge in [-0.25, -0.2) is 0 Å². The smallest absolute Gasteiger partial charge is 0.104 e. The molecule has 1 unspecified atom stereocenters. The maximum Gasteiger partial charge on any atom is 0.104 e. The molecule has 1 aliphatic carbocycles. The molecule has 1 atom stereocenters. The Morgan fingerprint density at radius 3 is 2.72 bits per heavy atom. The molecule has 98 valence electrons.